The number of hydrogen-bond donors (Lipinski definition) is 1. The molecule has 1 saturated heterocycles. The fourth-order valence-electron chi connectivity index (χ4n) is 4.92. The van der Waals surface area contributed by atoms with Gasteiger partial charge in [0.2, 0.25) is 0 Å². The van der Waals surface area contributed by atoms with E-state index in [-0.39, 0.29) is 11.0 Å². The second kappa shape index (κ2) is 6.21. The summed E-state index contributed by atoms with van der Waals surface area (Å²) in [6.45, 7) is 2.07. The van der Waals surface area contributed by atoms with Gasteiger partial charge in [-0.2, -0.15) is 0 Å². The molecule has 3 heteroatoms. The maximum absolute atomic E-state index is 13.1. The third kappa shape index (κ3) is 2.51. The fourth-order valence-corrected chi connectivity index (χ4v) is 4.92. The van der Waals surface area contributed by atoms with E-state index in [1.165, 1.54) is 25.7 Å². The van der Waals surface area contributed by atoms with E-state index in [0.717, 1.165) is 36.2 Å². The summed E-state index contributed by atoms with van der Waals surface area (Å²) in [7, 11) is 1.88. The molecule has 2 heterocycles. The molecule has 3 nitrogen and oxygen atoms in total. The standard InChI is InChI=1S/C21H26N2O/c1-23-14-10-17(16-7-3-2-4-8-16)19(20(23)24)18-9-13-22-15-21(18)11-5-6-12-21/h2-4,7-8,10,14,18,22H,5-6,9,11-13,15H2,1H3. The summed E-state index contributed by atoms with van der Waals surface area (Å²) < 4.78 is 1.76. The van der Waals surface area contributed by atoms with E-state index in [9.17, 15) is 4.79 Å². The van der Waals surface area contributed by atoms with Crippen molar-refractivity contribution < 1.29 is 0 Å². The van der Waals surface area contributed by atoms with Crippen LogP contribution >= 0.6 is 0 Å². The molecule has 2 aromatic rings. The zero-order valence-corrected chi connectivity index (χ0v) is 14.4. The first-order valence-corrected chi connectivity index (χ1v) is 9.17. The van der Waals surface area contributed by atoms with Gasteiger partial charge in [-0.1, -0.05) is 43.2 Å². The zero-order valence-electron chi connectivity index (χ0n) is 14.4. The highest BCUT2D eigenvalue weighted by molar-refractivity contribution is 5.67. The Morgan fingerprint density at radius 3 is 2.62 bits per heavy atom. The van der Waals surface area contributed by atoms with Gasteiger partial charge < -0.3 is 9.88 Å². The van der Waals surface area contributed by atoms with Gasteiger partial charge in [-0.05, 0) is 54.3 Å². The molecular formula is C21H26N2O. The van der Waals surface area contributed by atoms with Crippen molar-refractivity contribution >= 4 is 0 Å². The van der Waals surface area contributed by atoms with Crippen LogP contribution in [0.1, 0.15) is 43.6 Å². The van der Waals surface area contributed by atoms with Crippen LogP contribution in [0.25, 0.3) is 11.1 Å². The lowest BCUT2D eigenvalue weighted by Gasteiger charge is -2.42. The van der Waals surface area contributed by atoms with E-state index in [0.29, 0.717) is 5.92 Å². The van der Waals surface area contributed by atoms with Crippen LogP contribution in [-0.4, -0.2) is 17.7 Å². The molecule has 0 amide bonds. The van der Waals surface area contributed by atoms with Crippen LogP contribution in [-0.2, 0) is 7.05 Å². The van der Waals surface area contributed by atoms with Crippen molar-refractivity contribution in [2.45, 2.75) is 38.0 Å². The molecule has 1 atom stereocenters. The van der Waals surface area contributed by atoms with Crippen molar-refractivity contribution in [2.75, 3.05) is 13.1 Å². The second-order valence-electron chi connectivity index (χ2n) is 7.51. The summed E-state index contributed by atoms with van der Waals surface area (Å²) in [5.74, 6) is 0.372. The number of rotatable bonds is 2. The molecule has 2 aliphatic rings. The number of aromatic nitrogens is 1. The number of benzene rings is 1. The number of nitrogens with one attached hydrogen (secondary N) is 1. The lowest BCUT2D eigenvalue weighted by Crippen LogP contribution is -2.45. The summed E-state index contributed by atoms with van der Waals surface area (Å²) in [5.41, 5.74) is 3.81. The molecule has 1 aromatic carbocycles. The van der Waals surface area contributed by atoms with Crippen LogP contribution < -0.4 is 10.9 Å². The Morgan fingerprint density at radius 1 is 1.12 bits per heavy atom. The smallest absolute Gasteiger partial charge is 0.254 e. The first-order chi connectivity index (χ1) is 11.7. The Hall–Kier alpha value is -1.87. The van der Waals surface area contributed by atoms with Crippen LogP contribution in [0.5, 0.6) is 0 Å². The monoisotopic (exact) mass is 322 g/mol. The molecule has 0 bridgehead atoms. The largest absolute Gasteiger partial charge is 0.318 e. The van der Waals surface area contributed by atoms with Gasteiger partial charge >= 0.3 is 0 Å². The summed E-state index contributed by atoms with van der Waals surface area (Å²) in [6.07, 6.45) is 8.07. The van der Waals surface area contributed by atoms with Gasteiger partial charge in [0.1, 0.15) is 0 Å². The van der Waals surface area contributed by atoms with Gasteiger partial charge in [0.05, 0.1) is 0 Å². The van der Waals surface area contributed by atoms with Gasteiger partial charge in [-0.3, -0.25) is 4.79 Å². The highest BCUT2D eigenvalue weighted by Gasteiger charge is 2.45. The third-order valence-corrected chi connectivity index (χ3v) is 6.16. The Kier molecular flexibility index (Phi) is 4.05. The Labute approximate surface area is 143 Å². The summed E-state index contributed by atoms with van der Waals surface area (Å²) in [5, 5.41) is 3.60. The zero-order chi connectivity index (χ0) is 16.6. The minimum absolute atomic E-state index is 0.189. The fraction of sp³-hybridized carbons (Fsp3) is 0.476. The van der Waals surface area contributed by atoms with E-state index in [2.05, 4.69) is 35.6 Å². The van der Waals surface area contributed by atoms with Crippen molar-refractivity contribution in [1.82, 2.24) is 9.88 Å². The van der Waals surface area contributed by atoms with Crippen LogP contribution in [0.4, 0.5) is 0 Å². The van der Waals surface area contributed by atoms with E-state index in [1.807, 2.05) is 19.3 Å². The molecule has 1 aliphatic carbocycles. The van der Waals surface area contributed by atoms with E-state index < -0.39 is 0 Å². The van der Waals surface area contributed by atoms with E-state index in [4.69, 9.17) is 0 Å². The van der Waals surface area contributed by atoms with Gasteiger partial charge in [-0.25, -0.2) is 0 Å². The molecule has 0 radical (unpaired) electrons. The quantitative estimate of drug-likeness (QED) is 0.915. The minimum Gasteiger partial charge on any atom is -0.318 e. The van der Waals surface area contributed by atoms with Gasteiger partial charge in [0.25, 0.3) is 5.56 Å². The van der Waals surface area contributed by atoms with Crippen molar-refractivity contribution in [2.24, 2.45) is 12.5 Å². The molecule has 126 valence electrons. The molecule has 1 aromatic heterocycles. The molecule has 2 fully saturated rings. The van der Waals surface area contributed by atoms with Gasteiger partial charge in [0.15, 0.2) is 0 Å². The summed E-state index contributed by atoms with van der Waals surface area (Å²) in [6, 6.07) is 12.5. The molecule has 1 N–H and O–H groups in total. The van der Waals surface area contributed by atoms with E-state index in [1.54, 1.807) is 4.57 Å². The van der Waals surface area contributed by atoms with Crippen LogP contribution in [0, 0.1) is 5.41 Å². The first-order valence-electron chi connectivity index (χ1n) is 9.17. The minimum atomic E-state index is 0.189. The van der Waals surface area contributed by atoms with Crippen molar-refractivity contribution in [1.29, 1.82) is 0 Å². The molecule has 1 saturated carbocycles. The lowest BCUT2D eigenvalue weighted by molar-refractivity contribution is 0.174. The lowest BCUT2D eigenvalue weighted by atomic mass is 9.66. The summed E-state index contributed by atoms with van der Waals surface area (Å²) >= 11 is 0. The maximum atomic E-state index is 13.1. The average molecular weight is 322 g/mol. The average Bonchev–Trinajstić information content (AvgIpc) is 3.08. The SMILES string of the molecule is Cn1ccc(-c2ccccc2)c(C2CCNCC23CCCC3)c1=O. The molecule has 1 spiro atoms. The van der Waals surface area contributed by atoms with Crippen LogP contribution in [0.15, 0.2) is 47.4 Å². The number of hydrogen-bond acceptors (Lipinski definition) is 2. The predicted molar refractivity (Wildman–Crippen MR) is 98.2 cm³/mol. The predicted octanol–water partition coefficient (Wildman–Crippen LogP) is 3.69. The Morgan fingerprint density at radius 2 is 1.88 bits per heavy atom. The molecule has 1 aliphatic heterocycles. The van der Waals surface area contributed by atoms with Crippen molar-refractivity contribution in [3.05, 3.63) is 58.5 Å². The first kappa shape index (κ1) is 15.6. The number of nitrogens with zero attached hydrogens (tertiary/aromatic N) is 1. The number of pyridine rings is 1. The Balaban J connectivity index is 1.90. The highest BCUT2D eigenvalue weighted by atomic mass is 16.1. The van der Waals surface area contributed by atoms with Gasteiger partial charge in [-0.15, -0.1) is 0 Å². The van der Waals surface area contributed by atoms with Crippen LogP contribution in [0.3, 0.4) is 0 Å². The molecular weight excluding hydrogens is 296 g/mol. The highest BCUT2D eigenvalue weighted by Crippen LogP contribution is 2.52. The maximum Gasteiger partial charge on any atom is 0.254 e. The Bertz CT molecular complexity index is 772. The molecule has 1 unspecified atom stereocenters. The van der Waals surface area contributed by atoms with Gasteiger partial charge in [0, 0.05) is 25.4 Å². The van der Waals surface area contributed by atoms with E-state index >= 15 is 0 Å². The van der Waals surface area contributed by atoms with Crippen LogP contribution in [0.2, 0.25) is 0 Å². The molecule has 4 rings (SSSR count). The number of piperidine rings is 1. The molecule has 24 heavy (non-hydrogen) atoms. The topological polar surface area (TPSA) is 34.0 Å². The summed E-state index contributed by atoms with van der Waals surface area (Å²) in [4.78, 5) is 13.1. The number of aryl methyl sites for hydroxylation is 1. The third-order valence-electron chi connectivity index (χ3n) is 6.16. The normalized spacial score (nSPS) is 22.8. The van der Waals surface area contributed by atoms with Crippen molar-refractivity contribution in [3.63, 3.8) is 0 Å². The van der Waals surface area contributed by atoms with Crippen molar-refractivity contribution in [3.8, 4) is 11.1 Å². The second-order valence-corrected chi connectivity index (χ2v) is 7.51.